The van der Waals surface area contributed by atoms with Crippen molar-refractivity contribution in [3.8, 4) is 0 Å². The molecule has 1 aromatic heterocycles. The maximum atomic E-state index is 12.4. The maximum absolute atomic E-state index is 12.4. The molecule has 2 fully saturated rings. The Hall–Kier alpha value is -1.11. The van der Waals surface area contributed by atoms with Crippen molar-refractivity contribution in [1.82, 2.24) is 15.1 Å². The second kappa shape index (κ2) is 7.44. The van der Waals surface area contributed by atoms with E-state index in [0.29, 0.717) is 18.5 Å². The van der Waals surface area contributed by atoms with Crippen molar-refractivity contribution in [3.05, 3.63) is 22.4 Å². The van der Waals surface area contributed by atoms with Crippen LogP contribution >= 0.6 is 11.3 Å². The number of carbonyl (C=O) groups excluding carboxylic acids is 1. The number of hydrogen-bond acceptors (Lipinski definition) is 4. The highest BCUT2D eigenvalue weighted by Crippen LogP contribution is 2.32. The fourth-order valence-corrected chi connectivity index (χ4v) is 4.05. The first-order valence-corrected chi connectivity index (χ1v) is 9.05. The Balaban J connectivity index is 1.43. The zero-order valence-corrected chi connectivity index (χ0v) is 14.0. The van der Waals surface area contributed by atoms with Gasteiger partial charge in [-0.15, -0.1) is 0 Å². The summed E-state index contributed by atoms with van der Waals surface area (Å²) in [6.45, 7) is 8.15. The number of nitrogens with one attached hydrogen (secondary N) is 1. The number of amides is 2. The first kappa shape index (κ1) is 15.8. The van der Waals surface area contributed by atoms with Crippen LogP contribution in [0.25, 0.3) is 0 Å². The first-order valence-electron chi connectivity index (χ1n) is 8.10. The molecule has 3 heterocycles. The number of hydrogen-bond donors (Lipinski definition) is 1. The summed E-state index contributed by atoms with van der Waals surface area (Å²) in [5.74, 6) is 0.492. The zero-order chi connectivity index (χ0) is 15.4. The van der Waals surface area contributed by atoms with E-state index in [1.807, 2.05) is 4.90 Å². The second-order valence-electron chi connectivity index (χ2n) is 6.18. The largest absolute Gasteiger partial charge is 0.379 e. The highest BCUT2D eigenvalue weighted by molar-refractivity contribution is 7.07. The van der Waals surface area contributed by atoms with Gasteiger partial charge in [0, 0.05) is 44.7 Å². The third-order valence-electron chi connectivity index (χ3n) is 4.66. The van der Waals surface area contributed by atoms with Gasteiger partial charge < -0.3 is 15.0 Å². The molecular formula is C16H25N3O2S. The Morgan fingerprint density at radius 1 is 1.45 bits per heavy atom. The predicted octanol–water partition coefficient (Wildman–Crippen LogP) is 1.97. The number of ether oxygens (including phenoxy) is 1. The number of likely N-dealkylation sites (tertiary alicyclic amines) is 1. The van der Waals surface area contributed by atoms with Gasteiger partial charge in [-0.3, -0.25) is 4.90 Å². The minimum Gasteiger partial charge on any atom is -0.379 e. The number of thiophene rings is 1. The molecule has 2 aliphatic rings. The molecule has 22 heavy (non-hydrogen) atoms. The van der Waals surface area contributed by atoms with Gasteiger partial charge in [0.05, 0.1) is 13.2 Å². The fraction of sp³-hybridized carbons (Fsp3) is 0.688. The number of urea groups is 1. The van der Waals surface area contributed by atoms with Crippen LogP contribution < -0.4 is 5.32 Å². The Bertz CT molecular complexity index is 474. The maximum Gasteiger partial charge on any atom is 0.317 e. The van der Waals surface area contributed by atoms with Crippen LogP contribution in [0.5, 0.6) is 0 Å². The molecule has 0 aliphatic carbocycles. The predicted molar refractivity (Wildman–Crippen MR) is 88.5 cm³/mol. The van der Waals surface area contributed by atoms with E-state index in [4.69, 9.17) is 4.74 Å². The lowest BCUT2D eigenvalue weighted by molar-refractivity contribution is 0.0386. The zero-order valence-electron chi connectivity index (χ0n) is 13.2. The summed E-state index contributed by atoms with van der Waals surface area (Å²) in [5.41, 5.74) is 1.38. The number of nitrogens with zero attached hydrogens (tertiary/aromatic N) is 2. The minimum atomic E-state index is 0.0819. The Kier molecular flexibility index (Phi) is 5.33. The van der Waals surface area contributed by atoms with Gasteiger partial charge in [0.2, 0.25) is 0 Å². The third kappa shape index (κ3) is 3.80. The molecule has 1 aromatic rings. The molecule has 0 radical (unpaired) electrons. The van der Waals surface area contributed by atoms with E-state index in [1.165, 1.54) is 5.56 Å². The van der Waals surface area contributed by atoms with E-state index < -0.39 is 0 Å². The Morgan fingerprint density at radius 3 is 3.00 bits per heavy atom. The number of carbonyl (C=O) groups is 1. The van der Waals surface area contributed by atoms with Gasteiger partial charge in [-0.1, -0.05) is 0 Å². The Labute approximate surface area is 136 Å². The molecule has 2 amide bonds. The van der Waals surface area contributed by atoms with Crippen molar-refractivity contribution in [2.45, 2.75) is 25.3 Å². The molecule has 0 aromatic carbocycles. The van der Waals surface area contributed by atoms with Gasteiger partial charge in [0.15, 0.2) is 0 Å². The van der Waals surface area contributed by atoms with Crippen LogP contribution in [0.1, 0.15) is 24.8 Å². The highest BCUT2D eigenvalue weighted by Gasteiger charge is 2.33. The molecule has 0 saturated carbocycles. The topological polar surface area (TPSA) is 44.8 Å². The molecular weight excluding hydrogens is 298 g/mol. The van der Waals surface area contributed by atoms with Gasteiger partial charge in [-0.2, -0.15) is 11.3 Å². The van der Waals surface area contributed by atoms with Gasteiger partial charge in [-0.25, -0.2) is 4.79 Å². The number of morpholine rings is 1. The molecule has 1 N–H and O–H groups in total. The van der Waals surface area contributed by atoms with E-state index in [1.54, 1.807) is 11.3 Å². The molecule has 3 rings (SSSR count). The quantitative estimate of drug-likeness (QED) is 0.921. The Morgan fingerprint density at radius 2 is 2.27 bits per heavy atom. The highest BCUT2D eigenvalue weighted by atomic mass is 32.1. The summed E-state index contributed by atoms with van der Waals surface area (Å²) in [4.78, 5) is 16.7. The average Bonchev–Trinajstić information content (AvgIpc) is 3.17. The lowest BCUT2D eigenvalue weighted by Gasteiger charge is -2.27. The van der Waals surface area contributed by atoms with Gasteiger partial charge in [0.1, 0.15) is 0 Å². The van der Waals surface area contributed by atoms with Crippen molar-refractivity contribution in [1.29, 1.82) is 0 Å². The third-order valence-corrected chi connectivity index (χ3v) is 5.36. The van der Waals surface area contributed by atoms with E-state index in [9.17, 15) is 4.79 Å². The molecule has 2 aliphatic heterocycles. The van der Waals surface area contributed by atoms with Crippen molar-refractivity contribution < 1.29 is 9.53 Å². The summed E-state index contributed by atoms with van der Waals surface area (Å²) in [6.07, 6.45) is 1.06. The van der Waals surface area contributed by atoms with E-state index in [-0.39, 0.29) is 6.03 Å². The lowest BCUT2D eigenvalue weighted by Crippen LogP contribution is -2.46. The summed E-state index contributed by atoms with van der Waals surface area (Å²) < 4.78 is 5.33. The summed E-state index contributed by atoms with van der Waals surface area (Å²) in [5, 5.41) is 7.40. The van der Waals surface area contributed by atoms with Gasteiger partial charge >= 0.3 is 6.03 Å². The van der Waals surface area contributed by atoms with Crippen LogP contribution in [0.3, 0.4) is 0 Å². The van der Waals surface area contributed by atoms with Crippen LogP contribution in [-0.4, -0.2) is 67.8 Å². The molecule has 2 saturated heterocycles. The lowest BCUT2D eigenvalue weighted by atomic mass is 10.00. The van der Waals surface area contributed by atoms with E-state index in [2.05, 4.69) is 34.0 Å². The van der Waals surface area contributed by atoms with Crippen LogP contribution in [0.2, 0.25) is 0 Å². The summed E-state index contributed by atoms with van der Waals surface area (Å²) in [6, 6.07) is 2.58. The molecule has 0 spiro atoms. The van der Waals surface area contributed by atoms with Crippen molar-refractivity contribution in [3.63, 3.8) is 0 Å². The van der Waals surface area contributed by atoms with Crippen LogP contribution in [0, 0.1) is 0 Å². The number of rotatable bonds is 4. The standard InChI is InChI=1S/C16H25N3O2S/c1-13-10-15(14-2-9-22-12-14)11-19(13)16(20)17-3-4-18-5-7-21-8-6-18/h2,9,12-13,15H,3-8,10-11H2,1H3,(H,17,20)/t13-,15-/m1/s1. The fourth-order valence-electron chi connectivity index (χ4n) is 3.31. The molecule has 6 heteroatoms. The molecule has 5 nitrogen and oxygen atoms in total. The average molecular weight is 323 g/mol. The smallest absolute Gasteiger partial charge is 0.317 e. The second-order valence-corrected chi connectivity index (χ2v) is 6.96. The van der Waals surface area contributed by atoms with Crippen LogP contribution in [0.4, 0.5) is 4.79 Å². The normalized spacial score (nSPS) is 26.3. The molecule has 0 unspecified atom stereocenters. The van der Waals surface area contributed by atoms with Crippen molar-refractivity contribution >= 4 is 17.4 Å². The summed E-state index contributed by atoms with van der Waals surface area (Å²) in [7, 11) is 0. The van der Waals surface area contributed by atoms with Crippen LogP contribution in [0.15, 0.2) is 16.8 Å². The van der Waals surface area contributed by atoms with Crippen LogP contribution in [-0.2, 0) is 4.74 Å². The van der Waals surface area contributed by atoms with Crippen molar-refractivity contribution in [2.24, 2.45) is 0 Å². The SMILES string of the molecule is C[C@@H]1C[C@@H](c2ccsc2)CN1C(=O)NCCN1CCOCC1. The molecule has 2 atom stereocenters. The van der Waals surface area contributed by atoms with E-state index >= 15 is 0 Å². The summed E-state index contributed by atoms with van der Waals surface area (Å²) >= 11 is 1.73. The first-order chi connectivity index (χ1) is 10.7. The minimum absolute atomic E-state index is 0.0819. The van der Waals surface area contributed by atoms with Crippen molar-refractivity contribution in [2.75, 3.05) is 45.9 Å². The molecule has 0 bridgehead atoms. The monoisotopic (exact) mass is 323 g/mol. The van der Waals surface area contributed by atoms with Gasteiger partial charge in [0.25, 0.3) is 0 Å². The molecule has 122 valence electrons. The van der Waals surface area contributed by atoms with Gasteiger partial charge in [-0.05, 0) is 35.7 Å². The van der Waals surface area contributed by atoms with E-state index in [0.717, 1.165) is 45.8 Å².